The van der Waals surface area contributed by atoms with Gasteiger partial charge in [-0.05, 0) is 6.92 Å². The Morgan fingerprint density at radius 3 is 1.50 bits per heavy atom. The monoisotopic (exact) mass is 142 g/mol. The second kappa shape index (κ2) is 5.03. The van der Waals surface area contributed by atoms with Crippen LogP contribution in [-0.2, 0) is 4.79 Å². The van der Waals surface area contributed by atoms with Gasteiger partial charge in [-0.1, -0.05) is 32.3 Å². The van der Waals surface area contributed by atoms with Gasteiger partial charge in [-0.15, -0.1) is 0 Å². The van der Waals surface area contributed by atoms with Crippen LogP contribution in [0, 0.1) is 0 Å². The smallest absolute Gasteiger partial charge is 0.330 e. The summed E-state index contributed by atoms with van der Waals surface area (Å²) in [5.74, 6) is -0.935. The van der Waals surface area contributed by atoms with Gasteiger partial charge < -0.3 is 5.11 Å². The molecule has 0 bridgehead atoms. The first-order valence-electron chi connectivity index (χ1n) is 3.53. The van der Waals surface area contributed by atoms with E-state index in [2.05, 4.69) is 6.58 Å². The molecule has 0 unspecified atom stereocenters. The van der Waals surface area contributed by atoms with Gasteiger partial charge in [0.15, 0.2) is 0 Å². The van der Waals surface area contributed by atoms with Crippen molar-refractivity contribution < 1.29 is 9.90 Å². The highest BCUT2D eigenvalue weighted by atomic mass is 16.4. The summed E-state index contributed by atoms with van der Waals surface area (Å²) >= 11 is 0. The fraction of sp³-hybridized carbons (Fsp3) is 0.625. The van der Waals surface area contributed by atoms with Gasteiger partial charge in [-0.3, -0.25) is 0 Å². The Hall–Kier alpha value is -0.790. The minimum absolute atomic E-state index is 0.176. The van der Waals surface area contributed by atoms with E-state index in [0.29, 0.717) is 0 Å². The van der Waals surface area contributed by atoms with Gasteiger partial charge in [0.2, 0.25) is 0 Å². The molecule has 1 saturated carbocycles. The third-order valence-corrected chi connectivity index (χ3v) is 1.37. The molecule has 2 nitrogen and oxygen atoms in total. The van der Waals surface area contributed by atoms with Crippen molar-refractivity contribution in [2.75, 3.05) is 0 Å². The van der Waals surface area contributed by atoms with E-state index in [9.17, 15) is 4.79 Å². The quantitative estimate of drug-likeness (QED) is 0.570. The Bertz CT molecular complexity index is 107. The fourth-order valence-electron chi connectivity index (χ4n) is 0.250. The van der Waals surface area contributed by atoms with Crippen molar-refractivity contribution in [3.8, 4) is 0 Å². The summed E-state index contributed by atoms with van der Waals surface area (Å²) in [6, 6.07) is 0. The Morgan fingerprint density at radius 2 is 1.50 bits per heavy atom. The van der Waals surface area contributed by atoms with E-state index < -0.39 is 5.97 Å². The van der Waals surface area contributed by atoms with E-state index in [1.54, 1.807) is 0 Å². The van der Waals surface area contributed by atoms with Gasteiger partial charge >= 0.3 is 5.97 Å². The second-order valence-electron chi connectivity index (χ2n) is 2.50. The van der Waals surface area contributed by atoms with E-state index in [1.165, 1.54) is 32.6 Å². The van der Waals surface area contributed by atoms with Crippen molar-refractivity contribution in [1.82, 2.24) is 0 Å². The number of hydrogen-bond donors (Lipinski definition) is 1. The van der Waals surface area contributed by atoms with Gasteiger partial charge in [-0.25, -0.2) is 4.79 Å². The molecule has 0 atom stereocenters. The molecular formula is C8H14O2. The maximum Gasteiger partial charge on any atom is 0.330 e. The zero-order chi connectivity index (χ0) is 7.98. The number of hydrogen-bond acceptors (Lipinski definition) is 1. The third-order valence-electron chi connectivity index (χ3n) is 1.37. The minimum Gasteiger partial charge on any atom is -0.478 e. The molecule has 10 heavy (non-hydrogen) atoms. The molecule has 1 aliphatic rings. The van der Waals surface area contributed by atoms with E-state index in [-0.39, 0.29) is 5.57 Å². The maximum absolute atomic E-state index is 9.60. The van der Waals surface area contributed by atoms with Crippen molar-refractivity contribution in [2.24, 2.45) is 0 Å². The summed E-state index contributed by atoms with van der Waals surface area (Å²) in [6.45, 7) is 4.60. The van der Waals surface area contributed by atoms with Gasteiger partial charge in [0.05, 0.1) is 0 Å². The summed E-state index contributed by atoms with van der Waals surface area (Å²) < 4.78 is 0. The van der Waals surface area contributed by atoms with Crippen LogP contribution in [0.25, 0.3) is 0 Å². The molecule has 1 N–H and O–H groups in total. The first-order chi connectivity index (χ1) is 4.64. The number of aliphatic carboxylic acids is 1. The molecule has 0 spiro atoms. The lowest BCUT2D eigenvalue weighted by Gasteiger charge is -2.05. The largest absolute Gasteiger partial charge is 0.478 e. The molecule has 0 aromatic rings. The molecule has 0 radical (unpaired) electrons. The van der Waals surface area contributed by atoms with Crippen molar-refractivity contribution >= 4 is 5.97 Å². The summed E-state index contributed by atoms with van der Waals surface area (Å²) in [4.78, 5) is 9.60. The van der Waals surface area contributed by atoms with E-state index in [1.807, 2.05) is 0 Å². The van der Waals surface area contributed by atoms with Crippen LogP contribution < -0.4 is 0 Å². The van der Waals surface area contributed by atoms with E-state index in [4.69, 9.17) is 5.11 Å². The lowest BCUT2D eigenvalue weighted by Crippen LogP contribution is -1.92. The normalized spacial score (nSPS) is 14.1. The molecule has 1 aliphatic carbocycles. The molecule has 0 aromatic heterocycles. The highest BCUT2D eigenvalue weighted by Crippen LogP contribution is 2.15. The van der Waals surface area contributed by atoms with Crippen LogP contribution in [0.5, 0.6) is 0 Å². The zero-order valence-corrected chi connectivity index (χ0v) is 6.39. The topological polar surface area (TPSA) is 37.3 Å². The van der Waals surface area contributed by atoms with E-state index in [0.717, 1.165) is 0 Å². The highest BCUT2D eigenvalue weighted by Gasteiger charge is 1.95. The summed E-state index contributed by atoms with van der Waals surface area (Å²) in [5, 5.41) is 7.89. The van der Waals surface area contributed by atoms with Gasteiger partial charge in [0.1, 0.15) is 0 Å². The Morgan fingerprint density at radius 1 is 1.30 bits per heavy atom. The molecule has 0 amide bonds. The molecule has 0 aromatic carbocycles. The SMILES string of the molecule is C1CCC1.C=C(C)C(=O)O. The highest BCUT2D eigenvalue weighted by molar-refractivity contribution is 5.84. The predicted octanol–water partition coefficient (Wildman–Crippen LogP) is 2.21. The fourth-order valence-corrected chi connectivity index (χ4v) is 0.250. The maximum atomic E-state index is 9.60. The van der Waals surface area contributed by atoms with Gasteiger partial charge in [0, 0.05) is 5.57 Å². The van der Waals surface area contributed by atoms with Gasteiger partial charge in [0.25, 0.3) is 0 Å². The molecule has 1 fully saturated rings. The number of carboxylic acid groups (broad SMARTS) is 1. The van der Waals surface area contributed by atoms with Crippen LogP contribution in [0.2, 0.25) is 0 Å². The molecule has 0 aliphatic heterocycles. The summed E-state index contributed by atoms with van der Waals surface area (Å²) in [5.41, 5.74) is 0.176. The number of rotatable bonds is 1. The lowest BCUT2D eigenvalue weighted by atomic mass is 10.0. The molecular weight excluding hydrogens is 128 g/mol. The minimum atomic E-state index is -0.935. The average Bonchev–Trinajstić information content (AvgIpc) is 1.59. The first kappa shape index (κ1) is 9.21. The van der Waals surface area contributed by atoms with Gasteiger partial charge in [-0.2, -0.15) is 0 Å². The first-order valence-corrected chi connectivity index (χ1v) is 3.53. The van der Waals surface area contributed by atoms with Crippen molar-refractivity contribution in [3.63, 3.8) is 0 Å². The van der Waals surface area contributed by atoms with Crippen molar-refractivity contribution in [3.05, 3.63) is 12.2 Å². The Labute approximate surface area is 61.6 Å². The van der Waals surface area contributed by atoms with E-state index >= 15 is 0 Å². The summed E-state index contributed by atoms with van der Waals surface area (Å²) in [7, 11) is 0. The predicted molar refractivity (Wildman–Crippen MR) is 40.9 cm³/mol. The Balaban J connectivity index is 0.000000172. The van der Waals surface area contributed by atoms with Crippen LogP contribution in [0.1, 0.15) is 32.6 Å². The lowest BCUT2D eigenvalue weighted by molar-refractivity contribution is -0.132. The molecule has 0 heterocycles. The molecule has 1 rings (SSSR count). The van der Waals surface area contributed by atoms with Crippen LogP contribution in [0.15, 0.2) is 12.2 Å². The Kier molecular flexibility index (Phi) is 4.63. The standard InChI is InChI=1S/C4H6O2.C4H8/c1-3(2)4(5)6;1-2-4-3-1/h1H2,2H3,(H,5,6);1-4H2. The number of carbonyl (C=O) groups is 1. The van der Waals surface area contributed by atoms with Crippen molar-refractivity contribution in [2.45, 2.75) is 32.6 Å². The molecule has 58 valence electrons. The second-order valence-corrected chi connectivity index (χ2v) is 2.50. The van der Waals surface area contributed by atoms with Crippen molar-refractivity contribution in [1.29, 1.82) is 0 Å². The zero-order valence-electron chi connectivity index (χ0n) is 6.39. The number of carboxylic acids is 1. The average molecular weight is 142 g/mol. The van der Waals surface area contributed by atoms with Crippen LogP contribution in [-0.4, -0.2) is 11.1 Å². The molecule has 0 saturated heterocycles. The molecule has 2 heteroatoms. The third kappa shape index (κ3) is 5.35. The van der Waals surface area contributed by atoms with Crippen LogP contribution in [0.3, 0.4) is 0 Å². The van der Waals surface area contributed by atoms with Crippen LogP contribution >= 0.6 is 0 Å². The van der Waals surface area contributed by atoms with Crippen LogP contribution in [0.4, 0.5) is 0 Å². The summed E-state index contributed by atoms with van der Waals surface area (Å²) in [6.07, 6.45) is 6.00.